The van der Waals surface area contributed by atoms with Crippen LogP contribution in [0.15, 0.2) is 24.3 Å². The number of hydrogen-bond donors (Lipinski definition) is 2. The summed E-state index contributed by atoms with van der Waals surface area (Å²) in [6.07, 6.45) is 1.46. The lowest BCUT2D eigenvalue weighted by atomic mass is 9.93. The first-order chi connectivity index (χ1) is 9.49. The maximum Gasteiger partial charge on any atom is 0.240 e. The SMILES string of the molecule is CC(N)CCC(=O)N1Cc2ccccc2C[C@H]1C(N)=O. The zero-order chi connectivity index (χ0) is 14.7. The van der Waals surface area contributed by atoms with E-state index in [0.29, 0.717) is 25.8 Å². The molecule has 2 rings (SSSR count). The molecule has 108 valence electrons. The topological polar surface area (TPSA) is 89.4 Å². The normalized spacial score (nSPS) is 19.3. The smallest absolute Gasteiger partial charge is 0.240 e. The summed E-state index contributed by atoms with van der Waals surface area (Å²) in [7, 11) is 0. The lowest BCUT2D eigenvalue weighted by Crippen LogP contribution is -2.51. The van der Waals surface area contributed by atoms with Gasteiger partial charge < -0.3 is 16.4 Å². The predicted molar refractivity (Wildman–Crippen MR) is 76.6 cm³/mol. The number of amides is 2. The number of rotatable bonds is 4. The maximum atomic E-state index is 12.3. The lowest BCUT2D eigenvalue weighted by Gasteiger charge is -2.35. The number of primary amides is 1. The van der Waals surface area contributed by atoms with E-state index >= 15 is 0 Å². The second kappa shape index (κ2) is 6.05. The van der Waals surface area contributed by atoms with Crippen LogP contribution in [0.2, 0.25) is 0 Å². The zero-order valence-corrected chi connectivity index (χ0v) is 11.7. The third-order valence-electron chi connectivity index (χ3n) is 3.71. The van der Waals surface area contributed by atoms with Crippen molar-refractivity contribution in [2.45, 2.75) is 44.8 Å². The Morgan fingerprint density at radius 2 is 2.00 bits per heavy atom. The molecule has 1 aromatic carbocycles. The van der Waals surface area contributed by atoms with Crippen molar-refractivity contribution in [1.82, 2.24) is 4.90 Å². The molecule has 0 aromatic heterocycles. The Kier molecular flexibility index (Phi) is 4.39. The Balaban J connectivity index is 2.18. The van der Waals surface area contributed by atoms with Gasteiger partial charge in [0.1, 0.15) is 6.04 Å². The summed E-state index contributed by atoms with van der Waals surface area (Å²) in [5, 5.41) is 0. The van der Waals surface area contributed by atoms with Gasteiger partial charge in [-0.2, -0.15) is 0 Å². The Morgan fingerprint density at radius 3 is 2.60 bits per heavy atom. The zero-order valence-electron chi connectivity index (χ0n) is 11.7. The van der Waals surface area contributed by atoms with Crippen LogP contribution in [0.1, 0.15) is 30.9 Å². The van der Waals surface area contributed by atoms with Crippen molar-refractivity contribution < 1.29 is 9.59 Å². The highest BCUT2D eigenvalue weighted by Gasteiger charge is 2.32. The van der Waals surface area contributed by atoms with E-state index in [1.807, 2.05) is 31.2 Å². The van der Waals surface area contributed by atoms with Gasteiger partial charge in [0.05, 0.1) is 0 Å². The molecule has 0 fully saturated rings. The van der Waals surface area contributed by atoms with Gasteiger partial charge in [-0.3, -0.25) is 9.59 Å². The molecule has 2 amide bonds. The number of hydrogen-bond acceptors (Lipinski definition) is 3. The second-order valence-corrected chi connectivity index (χ2v) is 5.43. The quantitative estimate of drug-likeness (QED) is 0.841. The van der Waals surface area contributed by atoms with Crippen molar-refractivity contribution in [3.63, 3.8) is 0 Å². The lowest BCUT2D eigenvalue weighted by molar-refractivity contribution is -0.140. The monoisotopic (exact) mass is 275 g/mol. The molecule has 1 aromatic rings. The first kappa shape index (κ1) is 14.5. The standard InChI is InChI=1S/C15H21N3O2/c1-10(16)6-7-14(19)18-9-12-5-3-2-4-11(12)8-13(18)15(17)20/h2-5,10,13H,6-9,16H2,1H3,(H2,17,20)/t10?,13-/m0/s1. The fourth-order valence-electron chi connectivity index (χ4n) is 2.53. The Bertz CT molecular complexity index is 514. The maximum absolute atomic E-state index is 12.3. The highest BCUT2D eigenvalue weighted by atomic mass is 16.2. The Hall–Kier alpha value is -1.88. The molecule has 20 heavy (non-hydrogen) atoms. The molecule has 5 nitrogen and oxygen atoms in total. The first-order valence-corrected chi connectivity index (χ1v) is 6.90. The van der Waals surface area contributed by atoms with Crippen LogP contribution in [0.3, 0.4) is 0 Å². The highest BCUT2D eigenvalue weighted by Crippen LogP contribution is 2.24. The molecule has 4 N–H and O–H groups in total. The minimum Gasteiger partial charge on any atom is -0.368 e. The summed E-state index contributed by atoms with van der Waals surface area (Å²) < 4.78 is 0. The molecule has 0 saturated heterocycles. The summed E-state index contributed by atoms with van der Waals surface area (Å²) in [5.41, 5.74) is 13.3. The number of fused-ring (bicyclic) bond motifs is 1. The van der Waals surface area contributed by atoms with E-state index in [1.54, 1.807) is 4.90 Å². The first-order valence-electron chi connectivity index (χ1n) is 6.90. The second-order valence-electron chi connectivity index (χ2n) is 5.43. The molecule has 0 radical (unpaired) electrons. The van der Waals surface area contributed by atoms with Gasteiger partial charge in [0, 0.05) is 25.4 Å². The van der Waals surface area contributed by atoms with Gasteiger partial charge in [-0.05, 0) is 24.5 Å². The summed E-state index contributed by atoms with van der Waals surface area (Å²) in [5.74, 6) is -0.505. The molecule has 0 bridgehead atoms. The molecule has 1 aliphatic heterocycles. The van der Waals surface area contributed by atoms with Crippen LogP contribution < -0.4 is 11.5 Å². The van der Waals surface area contributed by atoms with Gasteiger partial charge in [-0.15, -0.1) is 0 Å². The largest absolute Gasteiger partial charge is 0.368 e. The number of benzene rings is 1. The van der Waals surface area contributed by atoms with Crippen LogP contribution in [-0.2, 0) is 22.6 Å². The number of carbonyl (C=O) groups is 2. The molecular weight excluding hydrogens is 254 g/mol. The molecular formula is C15H21N3O2. The van der Waals surface area contributed by atoms with Crippen molar-refractivity contribution in [1.29, 1.82) is 0 Å². The molecule has 1 heterocycles. The van der Waals surface area contributed by atoms with E-state index in [0.717, 1.165) is 11.1 Å². The predicted octanol–water partition coefficient (Wildman–Crippen LogP) is 0.553. The highest BCUT2D eigenvalue weighted by molar-refractivity contribution is 5.87. The Labute approximate surface area is 118 Å². The Morgan fingerprint density at radius 1 is 1.35 bits per heavy atom. The van der Waals surface area contributed by atoms with Crippen molar-refractivity contribution in [2.75, 3.05) is 0 Å². The van der Waals surface area contributed by atoms with Gasteiger partial charge >= 0.3 is 0 Å². The minimum absolute atomic E-state index is 0.0249. The summed E-state index contributed by atoms with van der Waals surface area (Å²) in [6, 6.07) is 7.26. The fraction of sp³-hybridized carbons (Fsp3) is 0.467. The van der Waals surface area contributed by atoms with Gasteiger partial charge in [0.2, 0.25) is 11.8 Å². The van der Waals surface area contributed by atoms with Crippen LogP contribution in [0.4, 0.5) is 0 Å². The van der Waals surface area contributed by atoms with E-state index in [9.17, 15) is 9.59 Å². The number of nitrogens with two attached hydrogens (primary N) is 2. The summed E-state index contributed by atoms with van der Waals surface area (Å²) in [6.45, 7) is 2.31. The molecule has 0 aliphatic carbocycles. The van der Waals surface area contributed by atoms with Crippen LogP contribution >= 0.6 is 0 Å². The average Bonchev–Trinajstić information content (AvgIpc) is 2.43. The van der Waals surface area contributed by atoms with Crippen LogP contribution in [0.5, 0.6) is 0 Å². The van der Waals surface area contributed by atoms with Gasteiger partial charge in [0.15, 0.2) is 0 Å². The van der Waals surface area contributed by atoms with E-state index in [2.05, 4.69) is 0 Å². The van der Waals surface area contributed by atoms with Crippen LogP contribution in [0.25, 0.3) is 0 Å². The van der Waals surface area contributed by atoms with E-state index < -0.39 is 11.9 Å². The molecule has 0 saturated carbocycles. The molecule has 1 aliphatic rings. The van der Waals surface area contributed by atoms with Gasteiger partial charge in [-0.25, -0.2) is 0 Å². The summed E-state index contributed by atoms with van der Waals surface area (Å²) >= 11 is 0. The van der Waals surface area contributed by atoms with E-state index in [1.165, 1.54) is 0 Å². The van der Waals surface area contributed by atoms with Crippen molar-refractivity contribution in [2.24, 2.45) is 11.5 Å². The molecule has 0 spiro atoms. The van der Waals surface area contributed by atoms with Crippen molar-refractivity contribution in [3.8, 4) is 0 Å². The van der Waals surface area contributed by atoms with E-state index in [4.69, 9.17) is 11.5 Å². The molecule has 1 unspecified atom stereocenters. The third-order valence-corrected chi connectivity index (χ3v) is 3.71. The van der Waals surface area contributed by atoms with Gasteiger partial charge in [0.25, 0.3) is 0 Å². The van der Waals surface area contributed by atoms with Crippen LogP contribution in [0, 0.1) is 0 Å². The molecule has 2 atom stereocenters. The fourth-order valence-corrected chi connectivity index (χ4v) is 2.53. The third kappa shape index (κ3) is 3.17. The van der Waals surface area contributed by atoms with Crippen LogP contribution in [-0.4, -0.2) is 28.8 Å². The van der Waals surface area contributed by atoms with Crippen molar-refractivity contribution >= 4 is 11.8 Å². The molecule has 5 heteroatoms. The van der Waals surface area contributed by atoms with Gasteiger partial charge in [-0.1, -0.05) is 24.3 Å². The average molecular weight is 275 g/mol. The van der Waals surface area contributed by atoms with E-state index in [-0.39, 0.29) is 11.9 Å². The minimum atomic E-state index is -0.550. The number of nitrogens with zero attached hydrogens (tertiary/aromatic N) is 1. The van der Waals surface area contributed by atoms with Crippen molar-refractivity contribution in [3.05, 3.63) is 35.4 Å². The summed E-state index contributed by atoms with van der Waals surface area (Å²) in [4.78, 5) is 25.5. The number of carbonyl (C=O) groups excluding carboxylic acids is 2.